The van der Waals surface area contributed by atoms with Crippen LogP contribution in [0.25, 0.3) is 21.9 Å². The number of aryl methyl sites for hydroxylation is 1. The lowest BCUT2D eigenvalue weighted by Crippen LogP contribution is -2.20. The Kier molecular flexibility index (Phi) is 3.65. The second-order valence-electron chi connectivity index (χ2n) is 6.80. The van der Waals surface area contributed by atoms with E-state index in [0.717, 1.165) is 46.7 Å². The Bertz CT molecular complexity index is 1120. The molecule has 3 heterocycles. The molecule has 0 unspecified atom stereocenters. The number of H-pyrrole nitrogens is 1. The van der Waals surface area contributed by atoms with Crippen molar-refractivity contribution in [1.82, 2.24) is 15.3 Å². The molecule has 3 aromatic rings. The summed E-state index contributed by atoms with van der Waals surface area (Å²) in [5.41, 5.74) is 4.65. The van der Waals surface area contributed by atoms with Crippen molar-refractivity contribution in [3.05, 3.63) is 34.5 Å². The third-order valence-corrected chi connectivity index (χ3v) is 5.35. The number of hydrogen-bond donors (Lipinski definition) is 2. The Morgan fingerprint density at radius 3 is 2.74 bits per heavy atom. The van der Waals surface area contributed by atoms with Gasteiger partial charge in [0.1, 0.15) is 18.0 Å². The van der Waals surface area contributed by atoms with Crippen molar-refractivity contribution >= 4 is 33.8 Å². The lowest BCUT2D eigenvalue weighted by atomic mass is 9.94. The maximum atomic E-state index is 12.6. The van der Waals surface area contributed by atoms with E-state index in [1.165, 1.54) is 0 Å². The number of nitrogens with one attached hydrogen (secondary N) is 2. The normalized spacial score (nSPS) is 15.4. The van der Waals surface area contributed by atoms with E-state index in [0.29, 0.717) is 42.3 Å². The fourth-order valence-electron chi connectivity index (χ4n) is 4.31. The second kappa shape index (κ2) is 6.06. The van der Waals surface area contributed by atoms with Gasteiger partial charge >= 0.3 is 0 Å². The van der Waals surface area contributed by atoms with E-state index in [9.17, 15) is 9.59 Å². The standard InChI is InChI=1S/C20H19N3O4/c1-2-26-8-9-27-12-6-7-21-18-14(12)15-16-13(19(24)23-20(16)25)10-4-3-5-11(10)17(15)22-18/h6-7H,2-5,8-9H2,1H3,(H,21,22)(H,23,24,25). The lowest BCUT2D eigenvalue weighted by Gasteiger charge is -2.10. The predicted molar refractivity (Wildman–Crippen MR) is 99.4 cm³/mol. The molecule has 0 atom stereocenters. The van der Waals surface area contributed by atoms with Gasteiger partial charge in [0.25, 0.3) is 11.8 Å². The van der Waals surface area contributed by atoms with Gasteiger partial charge in [-0.05, 0) is 43.4 Å². The van der Waals surface area contributed by atoms with Gasteiger partial charge in [0, 0.05) is 18.2 Å². The first kappa shape index (κ1) is 16.3. The van der Waals surface area contributed by atoms with Crippen LogP contribution in [0.5, 0.6) is 5.75 Å². The van der Waals surface area contributed by atoms with Crippen LogP contribution in [-0.2, 0) is 17.6 Å². The highest BCUT2D eigenvalue weighted by molar-refractivity contribution is 6.31. The number of fused-ring (bicyclic) bond motifs is 8. The first-order chi connectivity index (χ1) is 13.2. The third-order valence-electron chi connectivity index (χ3n) is 5.35. The van der Waals surface area contributed by atoms with Crippen LogP contribution >= 0.6 is 0 Å². The molecule has 1 aliphatic heterocycles. The van der Waals surface area contributed by atoms with Gasteiger partial charge in [-0.25, -0.2) is 4.98 Å². The van der Waals surface area contributed by atoms with Crippen molar-refractivity contribution in [2.45, 2.75) is 26.2 Å². The molecule has 7 heteroatoms. The number of benzene rings is 1. The Morgan fingerprint density at radius 1 is 1.07 bits per heavy atom. The van der Waals surface area contributed by atoms with E-state index < -0.39 is 0 Å². The van der Waals surface area contributed by atoms with Crippen LogP contribution in [0, 0.1) is 0 Å². The van der Waals surface area contributed by atoms with Crippen molar-refractivity contribution in [3.8, 4) is 5.75 Å². The number of hydrogen-bond acceptors (Lipinski definition) is 5. The van der Waals surface area contributed by atoms with Crippen LogP contribution in [-0.4, -0.2) is 41.6 Å². The summed E-state index contributed by atoms with van der Waals surface area (Å²) in [7, 11) is 0. The van der Waals surface area contributed by atoms with Crippen molar-refractivity contribution in [3.63, 3.8) is 0 Å². The molecular weight excluding hydrogens is 346 g/mol. The topological polar surface area (TPSA) is 93.3 Å². The zero-order chi connectivity index (χ0) is 18.5. The van der Waals surface area contributed by atoms with Gasteiger partial charge in [-0.1, -0.05) is 0 Å². The van der Waals surface area contributed by atoms with Gasteiger partial charge in [0.15, 0.2) is 0 Å². The number of pyridine rings is 1. The number of aromatic amines is 1. The SMILES string of the molecule is CCOCCOc1ccnc2[nH]c3c4c(c5c(c3c12)C(=O)NC5=O)CCC4. The largest absolute Gasteiger partial charge is 0.490 e. The molecular formula is C20H19N3O4. The maximum Gasteiger partial charge on any atom is 0.259 e. The van der Waals surface area contributed by atoms with Gasteiger partial charge in [0.2, 0.25) is 0 Å². The summed E-state index contributed by atoms with van der Waals surface area (Å²) in [6, 6.07) is 1.79. The molecule has 2 amide bonds. The van der Waals surface area contributed by atoms with E-state index in [1.807, 2.05) is 6.92 Å². The molecule has 2 aliphatic rings. The molecule has 2 aromatic heterocycles. The van der Waals surface area contributed by atoms with E-state index in [1.54, 1.807) is 12.3 Å². The quantitative estimate of drug-likeness (QED) is 0.535. The molecule has 0 spiro atoms. The molecule has 0 bridgehead atoms. The number of carbonyl (C=O) groups is 2. The summed E-state index contributed by atoms with van der Waals surface area (Å²) in [6.07, 6.45) is 4.35. The maximum absolute atomic E-state index is 12.6. The molecule has 0 fully saturated rings. The number of imide groups is 1. The number of amides is 2. The number of ether oxygens (including phenoxy) is 2. The first-order valence-corrected chi connectivity index (χ1v) is 9.25. The summed E-state index contributed by atoms with van der Waals surface area (Å²) in [4.78, 5) is 32.9. The molecule has 0 saturated heterocycles. The lowest BCUT2D eigenvalue weighted by molar-refractivity contribution is 0.0880. The number of aromatic nitrogens is 2. The van der Waals surface area contributed by atoms with Gasteiger partial charge < -0.3 is 14.5 Å². The molecule has 2 N–H and O–H groups in total. The van der Waals surface area contributed by atoms with Crippen molar-refractivity contribution in [1.29, 1.82) is 0 Å². The van der Waals surface area contributed by atoms with Crippen molar-refractivity contribution in [2.75, 3.05) is 19.8 Å². The van der Waals surface area contributed by atoms with Crippen LogP contribution in [0.1, 0.15) is 45.2 Å². The first-order valence-electron chi connectivity index (χ1n) is 9.25. The number of nitrogens with zero attached hydrogens (tertiary/aromatic N) is 1. The molecule has 0 saturated carbocycles. The van der Waals surface area contributed by atoms with E-state index in [-0.39, 0.29) is 11.8 Å². The van der Waals surface area contributed by atoms with Gasteiger partial charge in [0.05, 0.1) is 28.6 Å². The Balaban J connectivity index is 1.79. The van der Waals surface area contributed by atoms with E-state index >= 15 is 0 Å². The van der Waals surface area contributed by atoms with Crippen molar-refractivity contribution < 1.29 is 19.1 Å². The second-order valence-corrected chi connectivity index (χ2v) is 6.80. The minimum absolute atomic E-state index is 0.299. The smallest absolute Gasteiger partial charge is 0.259 e. The molecule has 5 rings (SSSR count). The minimum Gasteiger partial charge on any atom is -0.490 e. The fraction of sp³-hybridized carbons (Fsp3) is 0.350. The van der Waals surface area contributed by atoms with Gasteiger partial charge in [-0.3, -0.25) is 14.9 Å². The Morgan fingerprint density at radius 2 is 1.89 bits per heavy atom. The molecule has 0 radical (unpaired) electrons. The van der Waals surface area contributed by atoms with Crippen LogP contribution in [0.2, 0.25) is 0 Å². The highest BCUT2D eigenvalue weighted by atomic mass is 16.5. The van der Waals surface area contributed by atoms with E-state index in [4.69, 9.17) is 9.47 Å². The monoisotopic (exact) mass is 365 g/mol. The highest BCUT2D eigenvalue weighted by Crippen LogP contribution is 2.43. The Labute approximate surface area is 155 Å². The van der Waals surface area contributed by atoms with Crippen LogP contribution < -0.4 is 10.1 Å². The summed E-state index contributed by atoms with van der Waals surface area (Å²) in [6.45, 7) is 3.45. The Hall–Kier alpha value is -2.93. The minimum atomic E-state index is -0.347. The average Bonchev–Trinajstić information content (AvgIpc) is 3.34. The zero-order valence-corrected chi connectivity index (χ0v) is 15.0. The predicted octanol–water partition coefficient (Wildman–Crippen LogP) is 2.50. The summed E-state index contributed by atoms with van der Waals surface area (Å²) in [5.74, 6) is -0.00919. The summed E-state index contributed by atoms with van der Waals surface area (Å²) < 4.78 is 11.3. The molecule has 1 aliphatic carbocycles. The number of carbonyl (C=O) groups excluding carboxylic acids is 2. The summed E-state index contributed by atoms with van der Waals surface area (Å²) in [5, 5.41) is 3.95. The molecule has 7 nitrogen and oxygen atoms in total. The highest BCUT2D eigenvalue weighted by Gasteiger charge is 2.37. The van der Waals surface area contributed by atoms with Crippen molar-refractivity contribution in [2.24, 2.45) is 0 Å². The molecule has 27 heavy (non-hydrogen) atoms. The summed E-state index contributed by atoms with van der Waals surface area (Å²) >= 11 is 0. The van der Waals surface area contributed by atoms with Gasteiger partial charge in [-0.2, -0.15) is 0 Å². The van der Waals surface area contributed by atoms with E-state index in [2.05, 4.69) is 15.3 Å². The zero-order valence-electron chi connectivity index (χ0n) is 15.0. The van der Waals surface area contributed by atoms with Crippen LogP contribution in [0.4, 0.5) is 0 Å². The third kappa shape index (κ3) is 2.28. The fourth-order valence-corrected chi connectivity index (χ4v) is 4.31. The van der Waals surface area contributed by atoms with Crippen LogP contribution in [0.15, 0.2) is 12.3 Å². The molecule has 138 valence electrons. The van der Waals surface area contributed by atoms with Crippen LogP contribution in [0.3, 0.4) is 0 Å². The molecule has 1 aromatic carbocycles. The van der Waals surface area contributed by atoms with Gasteiger partial charge in [-0.15, -0.1) is 0 Å². The number of rotatable bonds is 5. The average molecular weight is 365 g/mol.